The molecule has 3 nitrogen and oxygen atoms in total. The molecule has 58 heavy (non-hydrogen) atoms. The van der Waals surface area contributed by atoms with Gasteiger partial charge in [-0.05, 0) is 129 Å². The number of fused-ring (bicyclic) bond motifs is 10. The number of aromatic nitrogens is 1. The molecule has 0 N–H and O–H groups in total. The molecule has 3 heteroatoms. The zero-order valence-corrected chi connectivity index (χ0v) is 32.3. The maximum Gasteiger partial charge on any atom is 0.136 e. The van der Waals surface area contributed by atoms with Crippen LogP contribution in [0.4, 0.5) is 17.1 Å². The van der Waals surface area contributed by atoms with Crippen molar-refractivity contribution in [1.82, 2.24) is 4.57 Å². The van der Waals surface area contributed by atoms with Crippen molar-refractivity contribution in [3.05, 3.63) is 205 Å². The molecule has 12 rings (SSSR count). The quantitative estimate of drug-likeness (QED) is 0.175. The van der Waals surface area contributed by atoms with Crippen LogP contribution in [0.15, 0.2) is 199 Å². The minimum atomic E-state index is -0.0786. The van der Waals surface area contributed by atoms with Crippen LogP contribution in [0.5, 0.6) is 0 Å². The minimum Gasteiger partial charge on any atom is -0.456 e. The highest BCUT2D eigenvalue weighted by Crippen LogP contribution is 2.52. The summed E-state index contributed by atoms with van der Waals surface area (Å²) in [6.07, 6.45) is 0. The fourth-order valence-corrected chi connectivity index (χ4v) is 9.66. The molecule has 2 heterocycles. The van der Waals surface area contributed by atoms with Gasteiger partial charge in [-0.25, -0.2) is 0 Å². The number of anilines is 3. The lowest BCUT2D eigenvalue weighted by atomic mass is 9.82. The molecule has 0 saturated heterocycles. The molecule has 0 unspecified atom stereocenters. The molecule has 0 radical (unpaired) electrons. The molecule has 274 valence electrons. The molecule has 0 spiro atoms. The van der Waals surface area contributed by atoms with E-state index in [9.17, 15) is 0 Å². The van der Waals surface area contributed by atoms with Crippen molar-refractivity contribution in [2.24, 2.45) is 0 Å². The first-order chi connectivity index (χ1) is 28.5. The summed E-state index contributed by atoms with van der Waals surface area (Å²) < 4.78 is 8.68. The van der Waals surface area contributed by atoms with E-state index in [0.717, 1.165) is 44.7 Å². The fraction of sp³-hybridized carbons (Fsp3) is 0.0545. The summed E-state index contributed by atoms with van der Waals surface area (Å²) in [7, 11) is 0. The molecule has 0 atom stereocenters. The Balaban J connectivity index is 0.921. The first-order valence-electron chi connectivity index (χ1n) is 20.1. The van der Waals surface area contributed by atoms with Gasteiger partial charge < -0.3 is 13.9 Å². The molecule has 1 aliphatic rings. The van der Waals surface area contributed by atoms with Gasteiger partial charge in [0.05, 0.1) is 11.0 Å². The van der Waals surface area contributed by atoms with Gasteiger partial charge in [0.2, 0.25) is 0 Å². The summed E-state index contributed by atoms with van der Waals surface area (Å²) in [4.78, 5) is 2.38. The summed E-state index contributed by atoms with van der Waals surface area (Å²) in [6, 6.07) is 70.7. The number of benzene rings is 9. The van der Waals surface area contributed by atoms with Gasteiger partial charge in [-0.2, -0.15) is 0 Å². The lowest BCUT2D eigenvalue weighted by Crippen LogP contribution is -2.15. The average molecular weight is 743 g/mol. The van der Waals surface area contributed by atoms with Gasteiger partial charge in [-0.15, -0.1) is 0 Å². The van der Waals surface area contributed by atoms with Crippen LogP contribution in [0.25, 0.3) is 82.5 Å². The van der Waals surface area contributed by atoms with Crippen LogP contribution in [0.3, 0.4) is 0 Å². The Bertz CT molecular complexity index is 3400. The Morgan fingerprint density at radius 2 is 1.03 bits per heavy atom. The summed E-state index contributed by atoms with van der Waals surface area (Å²) in [5.41, 5.74) is 16.4. The molecule has 0 aliphatic heterocycles. The molecule has 2 aromatic heterocycles. The predicted molar refractivity (Wildman–Crippen MR) is 243 cm³/mol. The van der Waals surface area contributed by atoms with Gasteiger partial charge in [0, 0.05) is 49.7 Å². The summed E-state index contributed by atoms with van der Waals surface area (Å²) in [6.45, 7) is 4.71. The Morgan fingerprint density at radius 1 is 0.414 bits per heavy atom. The predicted octanol–water partition coefficient (Wildman–Crippen LogP) is 15.3. The smallest absolute Gasteiger partial charge is 0.136 e. The number of nitrogens with zero attached hydrogens (tertiary/aromatic N) is 2. The summed E-state index contributed by atoms with van der Waals surface area (Å²) in [5.74, 6) is 0. The van der Waals surface area contributed by atoms with Gasteiger partial charge in [0.25, 0.3) is 0 Å². The maximum absolute atomic E-state index is 6.30. The van der Waals surface area contributed by atoms with E-state index in [0.29, 0.717) is 0 Å². The SMILES string of the molecule is CC1(C)c2ccc(N(c3ccccc3)c3ccc(-c4ccc(-n5c6ccccc6c6cc7oc8ccccc8c7cc65)cc4)cc3)cc2-c2cc3ccccc3cc21. The Morgan fingerprint density at radius 3 is 1.83 bits per heavy atom. The first-order valence-corrected chi connectivity index (χ1v) is 20.1. The molecule has 1 aliphatic carbocycles. The molecular weight excluding hydrogens is 705 g/mol. The molecule has 11 aromatic rings. The van der Waals surface area contributed by atoms with Crippen molar-refractivity contribution in [3.8, 4) is 27.9 Å². The van der Waals surface area contributed by atoms with E-state index in [4.69, 9.17) is 4.42 Å². The number of para-hydroxylation sites is 3. The Labute approximate surface area is 336 Å². The van der Waals surface area contributed by atoms with Crippen LogP contribution >= 0.6 is 0 Å². The summed E-state index contributed by atoms with van der Waals surface area (Å²) >= 11 is 0. The van der Waals surface area contributed by atoms with Gasteiger partial charge in [-0.3, -0.25) is 0 Å². The number of furan rings is 1. The van der Waals surface area contributed by atoms with E-state index >= 15 is 0 Å². The van der Waals surface area contributed by atoms with Crippen molar-refractivity contribution in [2.45, 2.75) is 19.3 Å². The minimum absolute atomic E-state index is 0.0786. The highest BCUT2D eigenvalue weighted by atomic mass is 16.3. The number of hydrogen-bond donors (Lipinski definition) is 0. The van der Waals surface area contributed by atoms with E-state index in [1.807, 2.05) is 12.1 Å². The molecular formula is C55H38N2O. The van der Waals surface area contributed by atoms with E-state index in [-0.39, 0.29) is 5.41 Å². The molecule has 0 bridgehead atoms. The highest BCUT2D eigenvalue weighted by Gasteiger charge is 2.36. The normalized spacial score (nSPS) is 13.1. The lowest BCUT2D eigenvalue weighted by molar-refractivity contribution is 0.661. The van der Waals surface area contributed by atoms with Crippen LogP contribution in [0.1, 0.15) is 25.0 Å². The Kier molecular flexibility index (Phi) is 6.98. The van der Waals surface area contributed by atoms with Crippen LogP contribution in [0, 0.1) is 0 Å². The van der Waals surface area contributed by atoms with E-state index in [1.165, 1.54) is 66.0 Å². The lowest BCUT2D eigenvalue weighted by Gasteiger charge is -2.27. The zero-order chi connectivity index (χ0) is 38.5. The zero-order valence-electron chi connectivity index (χ0n) is 32.3. The number of hydrogen-bond acceptors (Lipinski definition) is 2. The van der Waals surface area contributed by atoms with Crippen LogP contribution < -0.4 is 4.90 Å². The molecule has 0 saturated carbocycles. The average Bonchev–Trinajstić information content (AvgIpc) is 3.87. The van der Waals surface area contributed by atoms with Crippen molar-refractivity contribution in [1.29, 1.82) is 0 Å². The third kappa shape index (κ3) is 4.86. The third-order valence-electron chi connectivity index (χ3n) is 12.6. The highest BCUT2D eigenvalue weighted by molar-refractivity contribution is 6.17. The van der Waals surface area contributed by atoms with Gasteiger partial charge in [0.15, 0.2) is 0 Å². The largest absolute Gasteiger partial charge is 0.456 e. The molecule has 9 aromatic carbocycles. The topological polar surface area (TPSA) is 21.3 Å². The van der Waals surface area contributed by atoms with E-state index in [1.54, 1.807) is 0 Å². The molecule has 0 amide bonds. The fourth-order valence-electron chi connectivity index (χ4n) is 9.66. The van der Waals surface area contributed by atoms with Gasteiger partial charge >= 0.3 is 0 Å². The van der Waals surface area contributed by atoms with Crippen LogP contribution in [-0.2, 0) is 5.41 Å². The van der Waals surface area contributed by atoms with Crippen molar-refractivity contribution in [2.75, 3.05) is 4.90 Å². The van der Waals surface area contributed by atoms with Crippen molar-refractivity contribution >= 4 is 71.6 Å². The van der Waals surface area contributed by atoms with E-state index < -0.39 is 0 Å². The Hall–Kier alpha value is -7.36. The van der Waals surface area contributed by atoms with Crippen molar-refractivity contribution in [3.63, 3.8) is 0 Å². The maximum atomic E-state index is 6.30. The van der Waals surface area contributed by atoms with Crippen molar-refractivity contribution < 1.29 is 4.42 Å². The second-order valence-electron chi connectivity index (χ2n) is 16.2. The first kappa shape index (κ1) is 32.8. The van der Waals surface area contributed by atoms with Crippen LogP contribution in [0.2, 0.25) is 0 Å². The van der Waals surface area contributed by atoms with Gasteiger partial charge in [0.1, 0.15) is 11.2 Å². The monoisotopic (exact) mass is 742 g/mol. The third-order valence-corrected chi connectivity index (χ3v) is 12.6. The second-order valence-corrected chi connectivity index (χ2v) is 16.2. The number of rotatable bonds is 5. The standard InChI is InChI=1S/C55H38N2O/c1-55(2)49-29-28-42(32-46(49)45-30-37-12-6-7-13-38(37)31-50(45)55)56(39-14-4-3-5-15-39)40-24-20-35(21-25-40)36-22-26-41(27-23-36)57-51-18-10-8-16-43(51)47-34-54-48(33-52(47)57)44-17-9-11-19-53(44)58-54/h3-34H,1-2H3. The van der Waals surface area contributed by atoms with Crippen LogP contribution in [-0.4, -0.2) is 4.57 Å². The molecule has 0 fully saturated rings. The second kappa shape index (κ2) is 12.3. The van der Waals surface area contributed by atoms with Gasteiger partial charge in [-0.1, -0.05) is 123 Å². The summed E-state index contributed by atoms with van der Waals surface area (Å²) in [5, 5.41) is 7.25. The van der Waals surface area contributed by atoms with E-state index in [2.05, 4.69) is 205 Å².